The number of urea groups is 1. The Morgan fingerprint density at radius 3 is 2.88 bits per heavy atom. The SMILES string of the molecule is O=C(O)CCc1cccc(NC(=O)Nc2cnc3c(c2)COCC3)c1. The van der Waals surface area contributed by atoms with Crippen LogP contribution >= 0.6 is 0 Å². The number of ether oxygens (including phenoxy) is 1. The van der Waals surface area contributed by atoms with Gasteiger partial charge in [0.25, 0.3) is 0 Å². The van der Waals surface area contributed by atoms with E-state index in [-0.39, 0.29) is 12.5 Å². The van der Waals surface area contributed by atoms with Crippen LogP contribution in [0, 0.1) is 0 Å². The van der Waals surface area contributed by atoms with Crippen LogP contribution in [0.5, 0.6) is 0 Å². The third-order valence-electron chi connectivity index (χ3n) is 3.87. The van der Waals surface area contributed by atoms with E-state index in [1.165, 1.54) is 0 Å². The molecule has 2 aromatic rings. The fraction of sp³-hybridized carbons (Fsp3) is 0.278. The van der Waals surface area contributed by atoms with E-state index in [9.17, 15) is 9.59 Å². The molecular formula is C18H19N3O4. The molecule has 0 atom stereocenters. The van der Waals surface area contributed by atoms with Gasteiger partial charge in [0.2, 0.25) is 0 Å². The molecule has 25 heavy (non-hydrogen) atoms. The number of carbonyl (C=O) groups excluding carboxylic acids is 1. The van der Waals surface area contributed by atoms with E-state index >= 15 is 0 Å². The minimum absolute atomic E-state index is 0.0541. The zero-order valence-electron chi connectivity index (χ0n) is 13.6. The second kappa shape index (κ2) is 7.76. The number of aryl methyl sites for hydroxylation is 1. The van der Waals surface area contributed by atoms with E-state index in [2.05, 4.69) is 15.6 Å². The average Bonchev–Trinajstić information content (AvgIpc) is 2.60. The number of nitrogens with zero attached hydrogens (tertiary/aromatic N) is 1. The second-order valence-corrected chi connectivity index (χ2v) is 5.81. The Morgan fingerprint density at radius 2 is 2.04 bits per heavy atom. The van der Waals surface area contributed by atoms with Gasteiger partial charge in [-0.15, -0.1) is 0 Å². The van der Waals surface area contributed by atoms with Gasteiger partial charge in [0.05, 0.1) is 25.1 Å². The number of rotatable bonds is 5. The summed E-state index contributed by atoms with van der Waals surface area (Å²) in [6.45, 7) is 1.18. The van der Waals surface area contributed by atoms with Crippen molar-refractivity contribution < 1.29 is 19.4 Å². The molecule has 1 aliphatic rings. The number of hydrogen-bond donors (Lipinski definition) is 3. The van der Waals surface area contributed by atoms with E-state index in [1.807, 2.05) is 12.1 Å². The molecule has 2 heterocycles. The highest BCUT2D eigenvalue weighted by Crippen LogP contribution is 2.19. The van der Waals surface area contributed by atoms with Gasteiger partial charge in [-0.2, -0.15) is 0 Å². The predicted octanol–water partition coefficient (Wildman–Crippen LogP) is 2.82. The molecule has 0 saturated carbocycles. The Hall–Kier alpha value is -2.93. The van der Waals surface area contributed by atoms with E-state index < -0.39 is 5.97 Å². The monoisotopic (exact) mass is 341 g/mol. The first-order chi connectivity index (χ1) is 12.1. The Balaban J connectivity index is 1.61. The van der Waals surface area contributed by atoms with Crippen LogP contribution in [-0.4, -0.2) is 28.7 Å². The maximum absolute atomic E-state index is 12.2. The van der Waals surface area contributed by atoms with Gasteiger partial charge in [-0.05, 0) is 30.2 Å². The molecule has 1 aromatic carbocycles. The summed E-state index contributed by atoms with van der Waals surface area (Å²) in [5.41, 5.74) is 4.05. The van der Waals surface area contributed by atoms with Crippen molar-refractivity contribution in [3.63, 3.8) is 0 Å². The lowest BCUT2D eigenvalue weighted by Crippen LogP contribution is -2.20. The normalized spacial score (nSPS) is 13.0. The molecule has 1 aromatic heterocycles. The molecule has 1 aliphatic heterocycles. The highest BCUT2D eigenvalue weighted by atomic mass is 16.5. The van der Waals surface area contributed by atoms with Gasteiger partial charge < -0.3 is 20.5 Å². The Bertz CT molecular complexity index is 792. The predicted molar refractivity (Wildman–Crippen MR) is 92.6 cm³/mol. The number of carbonyl (C=O) groups is 2. The molecule has 0 fully saturated rings. The van der Waals surface area contributed by atoms with Crippen molar-refractivity contribution >= 4 is 23.4 Å². The molecule has 2 amide bonds. The van der Waals surface area contributed by atoms with Crippen LogP contribution in [0.15, 0.2) is 36.5 Å². The largest absolute Gasteiger partial charge is 0.481 e. The van der Waals surface area contributed by atoms with Crippen molar-refractivity contribution in [2.75, 3.05) is 17.2 Å². The highest BCUT2D eigenvalue weighted by molar-refractivity contribution is 5.99. The van der Waals surface area contributed by atoms with Crippen LogP contribution in [0.2, 0.25) is 0 Å². The summed E-state index contributed by atoms with van der Waals surface area (Å²) in [6, 6.07) is 8.62. The van der Waals surface area contributed by atoms with E-state index in [0.717, 1.165) is 23.2 Å². The number of carboxylic acids is 1. The number of fused-ring (bicyclic) bond motifs is 1. The molecule has 0 aliphatic carbocycles. The fourth-order valence-electron chi connectivity index (χ4n) is 2.66. The standard InChI is InChI=1S/C18H19N3O4/c22-17(23)5-4-12-2-1-3-14(8-12)20-18(24)21-15-9-13-11-25-7-6-16(13)19-10-15/h1-3,8-10H,4-7,11H2,(H,22,23)(H2,20,21,24). The summed E-state index contributed by atoms with van der Waals surface area (Å²) in [5.74, 6) is -0.847. The molecule has 0 spiro atoms. The molecule has 3 rings (SSSR count). The van der Waals surface area contributed by atoms with Crippen LogP contribution in [0.25, 0.3) is 0 Å². The first kappa shape index (κ1) is 16.9. The third-order valence-corrected chi connectivity index (χ3v) is 3.87. The van der Waals surface area contributed by atoms with Gasteiger partial charge in [0.15, 0.2) is 0 Å². The number of anilines is 2. The van der Waals surface area contributed by atoms with Crippen molar-refractivity contribution in [1.29, 1.82) is 0 Å². The number of amides is 2. The van der Waals surface area contributed by atoms with Crippen LogP contribution in [0.3, 0.4) is 0 Å². The first-order valence-corrected chi connectivity index (χ1v) is 8.04. The number of carboxylic acid groups (broad SMARTS) is 1. The number of hydrogen-bond acceptors (Lipinski definition) is 4. The molecule has 0 saturated heterocycles. The summed E-state index contributed by atoms with van der Waals surface area (Å²) in [5, 5.41) is 14.2. The van der Waals surface area contributed by atoms with Gasteiger partial charge in [-0.1, -0.05) is 12.1 Å². The van der Waals surface area contributed by atoms with Crippen molar-refractivity contribution in [2.24, 2.45) is 0 Å². The zero-order chi connectivity index (χ0) is 17.6. The van der Waals surface area contributed by atoms with Crippen molar-refractivity contribution in [3.05, 3.63) is 53.3 Å². The molecule has 0 bridgehead atoms. The van der Waals surface area contributed by atoms with Crippen LogP contribution in [0.4, 0.5) is 16.2 Å². The minimum Gasteiger partial charge on any atom is -0.481 e. The van der Waals surface area contributed by atoms with Crippen LogP contribution in [0.1, 0.15) is 23.2 Å². The zero-order valence-corrected chi connectivity index (χ0v) is 13.6. The van der Waals surface area contributed by atoms with Crippen LogP contribution < -0.4 is 10.6 Å². The lowest BCUT2D eigenvalue weighted by Gasteiger charge is -2.16. The van der Waals surface area contributed by atoms with Gasteiger partial charge in [0.1, 0.15) is 0 Å². The number of aromatic nitrogens is 1. The maximum Gasteiger partial charge on any atom is 0.323 e. The smallest absolute Gasteiger partial charge is 0.323 e. The third kappa shape index (κ3) is 4.77. The molecule has 3 N–H and O–H groups in total. The summed E-state index contributed by atoms with van der Waals surface area (Å²) in [7, 11) is 0. The first-order valence-electron chi connectivity index (χ1n) is 8.04. The Morgan fingerprint density at radius 1 is 1.20 bits per heavy atom. The van der Waals surface area contributed by atoms with Crippen molar-refractivity contribution in [2.45, 2.75) is 25.9 Å². The van der Waals surface area contributed by atoms with E-state index in [1.54, 1.807) is 24.4 Å². The number of aliphatic carboxylic acids is 1. The minimum atomic E-state index is -0.847. The summed E-state index contributed by atoms with van der Waals surface area (Å²) in [6.07, 6.45) is 2.89. The molecule has 7 nitrogen and oxygen atoms in total. The number of nitrogens with one attached hydrogen (secondary N) is 2. The Kier molecular flexibility index (Phi) is 5.25. The average molecular weight is 341 g/mol. The summed E-state index contributed by atoms with van der Waals surface area (Å²) in [4.78, 5) is 27.2. The van der Waals surface area contributed by atoms with Gasteiger partial charge >= 0.3 is 12.0 Å². The lowest BCUT2D eigenvalue weighted by molar-refractivity contribution is -0.136. The molecular weight excluding hydrogens is 322 g/mol. The van der Waals surface area contributed by atoms with Crippen LogP contribution in [-0.2, 0) is 29.0 Å². The molecule has 0 radical (unpaired) electrons. The van der Waals surface area contributed by atoms with Crippen molar-refractivity contribution in [1.82, 2.24) is 4.98 Å². The second-order valence-electron chi connectivity index (χ2n) is 5.81. The topological polar surface area (TPSA) is 101 Å². The fourth-order valence-corrected chi connectivity index (χ4v) is 2.66. The Labute approximate surface area is 145 Å². The van der Waals surface area contributed by atoms with E-state index in [4.69, 9.17) is 9.84 Å². The lowest BCUT2D eigenvalue weighted by atomic mass is 10.1. The van der Waals surface area contributed by atoms with Gasteiger partial charge in [-0.3, -0.25) is 9.78 Å². The van der Waals surface area contributed by atoms with Crippen molar-refractivity contribution in [3.8, 4) is 0 Å². The number of pyridine rings is 1. The summed E-state index contributed by atoms with van der Waals surface area (Å²) >= 11 is 0. The highest BCUT2D eigenvalue weighted by Gasteiger charge is 2.12. The number of benzene rings is 1. The van der Waals surface area contributed by atoms with Gasteiger partial charge in [-0.25, -0.2) is 4.79 Å². The van der Waals surface area contributed by atoms with Gasteiger partial charge in [0, 0.05) is 29.8 Å². The quantitative estimate of drug-likeness (QED) is 0.776. The summed E-state index contributed by atoms with van der Waals surface area (Å²) < 4.78 is 5.39. The molecule has 130 valence electrons. The molecule has 0 unspecified atom stereocenters. The molecule has 7 heteroatoms. The maximum atomic E-state index is 12.2. The van der Waals surface area contributed by atoms with E-state index in [0.29, 0.717) is 31.0 Å².